The summed E-state index contributed by atoms with van der Waals surface area (Å²) in [5.74, 6) is -0.370. The number of esters is 1. The van der Waals surface area contributed by atoms with Crippen LogP contribution in [0.25, 0.3) is 0 Å². The van der Waals surface area contributed by atoms with Gasteiger partial charge < -0.3 is 14.8 Å². The molecule has 0 bridgehead atoms. The van der Waals surface area contributed by atoms with Crippen molar-refractivity contribution in [3.05, 3.63) is 58.1 Å². The Labute approximate surface area is 149 Å². The number of ether oxygens (including phenoxy) is 2. The van der Waals surface area contributed by atoms with Crippen molar-refractivity contribution >= 4 is 33.5 Å². The van der Waals surface area contributed by atoms with E-state index in [0.29, 0.717) is 11.4 Å². The lowest BCUT2D eigenvalue weighted by Crippen LogP contribution is -2.23. The Kier molecular flexibility index (Phi) is 6.37. The summed E-state index contributed by atoms with van der Waals surface area (Å²) in [5, 5.41) is 2.64. The van der Waals surface area contributed by atoms with Crippen molar-refractivity contribution < 1.29 is 19.1 Å². The molecule has 2 aromatic carbocycles. The zero-order valence-corrected chi connectivity index (χ0v) is 15.1. The first-order chi connectivity index (χ1) is 11.4. The number of carbonyl (C=O) groups excluding carboxylic acids is 2. The minimum Gasteiger partial charge on any atom is -0.482 e. The fraction of sp³-hybridized carbons (Fsp3) is 0.222. The van der Waals surface area contributed by atoms with Gasteiger partial charge >= 0.3 is 5.97 Å². The number of halogens is 1. The summed E-state index contributed by atoms with van der Waals surface area (Å²) < 4.78 is 11.3. The van der Waals surface area contributed by atoms with Crippen molar-refractivity contribution in [1.82, 2.24) is 0 Å². The number of amides is 1. The molecule has 0 spiro atoms. The summed E-state index contributed by atoms with van der Waals surface area (Å²) in [6.45, 7) is 3.24. The highest BCUT2D eigenvalue weighted by molar-refractivity contribution is 9.10. The van der Waals surface area contributed by atoms with Crippen LogP contribution in [0.2, 0.25) is 0 Å². The number of aryl methyl sites for hydroxylation is 2. The number of benzene rings is 2. The van der Waals surface area contributed by atoms with Crippen molar-refractivity contribution in [2.75, 3.05) is 18.5 Å². The number of rotatable bonds is 6. The van der Waals surface area contributed by atoms with Crippen LogP contribution in [0.3, 0.4) is 0 Å². The summed E-state index contributed by atoms with van der Waals surface area (Å²) in [6, 6.07) is 12.8. The van der Waals surface area contributed by atoms with Crippen LogP contribution in [0.5, 0.6) is 5.75 Å². The molecule has 6 heteroatoms. The van der Waals surface area contributed by atoms with Crippen LogP contribution in [0, 0.1) is 13.8 Å². The second kappa shape index (κ2) is 8.49. The zero-order valence-electron chi connectivity index (χ0n) is 13.5. The van der Waals surface area contributed by atoms with E-state index in [9.17, 15) is 9.59 Å². The molecular formula is C18H18BrNO4. The molecule has 0 aromatic heterocycles. The maximum absolute atomic E-state index is 11.7. The number of hydrogen-bond acceptors (Lipinski definition) is 4. The Morgan fingerprint density at radius 1 is 1.04 bits per heavy atom. The van der Waals surface area contributed by atoms with E-state index in [0.717, 1.165) is 15.6 Å². The number of carbonyl (C=O) groups is 2. The van der Waals surface area contributed by atoms with Crippen molar-refractivity contribution in [3.63, 3.8) is 0 Å². The Morgan fingerprint density at radius 3 is 2.46 bits per heavy atom. The van der Waals surface area contributed by atoms with Crippen LogP contribution >= 0.6 is 15.9 Å². The van der Waals surface area contributed by atoms with Gasteiger partial charge in [0.05, 0.1) is 0 Å². The molecular weight excluding hydrogens is 374 g/mol. The third-order valence-corrected chi connectivity index (χ3v) is 3.71. The minimum absolute atomic E-state index is 0.240. The normalized spacial score (nSPS) is 10.1. The molecule has 0 aliphatic heterocycles. The molecule has 126 valence electrons. The predicted octanol–water partition coefficient (Wildman–Crippen LogP) is 3.63. The number of anilines is 1. The van der Waals surface area contributed by atoms with Crippen LogP contribution in [0.4, 0.5) is 5.69 Å². The first-order valence-corrected chi connectivity index (χ1v) is 8.14. The topological polar surface area (TPSA) is 64.6 Å². The van der Waals surface area contributed by atoms with Crippen molar-refractivity contribution in [1.29, 1.82) is 0 Å². The smallest absolute Gasteiger partial charge is 0.344 e. The monoisotopic (exact) mass is 391 g/mol. The Balaban J connectivity index is 1.75. The minimum atomic E-state index is -0.595. The maximum Gasteiger partial charge on any atom is 0.344 e. The molecule has 0 atom stereocenters. The highest BCUT2D eigenvalue weighted by Crippen LogP contribution is 2.19. The molecule has 0 fully saturated rings. The highest BCUT2D eigenvalue weighted by atomic mass is 79.9. The highest BCUT2D eigenvalue weighted by Gasteiger charge is 2.10. The fourth-order valence-electron chi connectivity index (χ4n) is 1.92. The van der Waals surface area contributed by atoms with E-state index >= 15 is 0 Å². The molecule has 0 aliphatic carbocycles. The van der Waals surface area contributed by atoms with Gasteiger partial charge in [0.2, 0.25) is 0 Å². The lowest BCUT2D eigenvalue weighted by atomic mass is 10.1. The summed E-state index contributed by atoms with van der Waals surface area (Å²) >= 11 is 3.31. The lowest BCUT2D eigenvalue weighted by molar-refractivity contribution is -0.149. The first kappa shape index (κ1) is 18.0. The van der Waals surface area contributed by atoms with E-state index in [-0.39, 0.29) is 13.2 Å². The summed E-state index contributed by atoms with van der Waals surface area (Å²) in [5.41, 5.74) is 2.60. The number of hydrogen-bond donors (Lipinski definition) is 1. The molecule has 5 nitrogen and oxygen atoms in total. The van der Waals surface area contributed by atoms with Gasteiger partial charge in [0.1, 0.15) is 5.75 Å². The van der Waals surface area contributed by atoms with E-state index in [1.54, 1.807) is 24.3 Å². The molecule has 1 N–H and O–H groups in total. The Bertz CT molecular complexity index is 728. The Hall–Kier alpha value is -2.34. The first-order valence-electron chi connectivity index (χ1n) is 7.35. The van der Waals surface area contributed by atoms with Crippen LogP contribution in [-0.2, 0) is 14.3 Å². The third kappa shape index (κ3) is 5.70. The van der Waals surface area contributed by atoms with Gasteiger partial charge in [-0.15, -0.1) is 0 Å². The predicted molar refractivity (Wildman–Crippen MR) is 95.1 cm³/mol. The molecule has 24 heavy (non-hydrogen) atoms. The standard InChI is InChI=1S/C18H18BrNO4/c1-12-3-4-13(2)16(9-12)23-11-18(22)24-10-17(21)20-15-7-5-14(19)6-8-15/h3-9H,10-11H2,1-2H3,(H,20,21). The largest absolute Gasteiger partial charge is 0.482 e. The summed E-state index contributed by atoms with van der Waals surface area (Å²) in [4.78, 5) is 23.4. The van der Waals surface area contributed by atoms with Gasteiger partial charge in [-0.05, 0) is 55.3 Å². The Morgan fingerprint density at radius 2 is 1.75 bits per heavy atom. The molecule has 0 radical (unpaired) electrons. The fourth-order valence-corrected chi connectivity index (χ4v) is 2.18. The van der Waals surface area contributed by atoms with E-state index < -0.39 is 11.9 Å². The van der Waals surface area contributed by atoms with E-state index in [1.807, 2.05) is 32.0 Å². The van der Waals surface area contributed by atoms with Gasteiger partial charge in [-0.3, -0.25) is 4.79 Å². The maximum atomic E-state index is 11.7. The van der Waals surface area contributed by atoms with Gasteiger partial charge in [0, 0.05) is 10.2 Å². The lowest BCUT2D eigenvalue weighted by Gasteiger charge is -2.10. The van der Waals surface area contributed by atoms with Gasteiger partial charge in [-0.1, -0.05) is 28.1 Å². The van der Waals surface area contributed by atoms with Crippen LogP contribution in [-0.4, -0.2) is 25.1 Å². The molecule has 2 rings (SSSR count). The molecule has 1 amide bonds. The van der Waals surface area contributed by atoms with Crippen molar-refractivity contribution in [2.24, 2.45) is 0 Å². The van der Waals surface area contributed by atoms with Gasteiger partial charge in [0.15, 0.2) is 13.2 Å². The van der Waals surface area contributed by atoms with Crippen LogP contribution < -0.4 is 10.1 Å². The van der Waals surface area contributed by atoms with Crippen molar-refractivity contribution in [2.45, 2.75) is 13.8 Å². The second-order valence-corrected chi connectivity index (χ2v) is 6.19. The van der Waals surface area contributed by atoms with Gasteiger partial charge in [0.25, 0.3) is 5.91 Å². The molecule has 0 saturated carbocycles. The van der Waals surface area contributed by atoms with Gasteiger partial charge in [-0.2, -0.15) is 0 Å². The zero-order chi connectivity index (χ0) is 17.5. The molecule has 0 saturated heterocycles. The van der Waals surface area contributed by atoms with E-state index in [2.05, 4.69) is 21.2 Å². The van der Waals surface area contributed by atoms with Crippen LogP contribution in [0.15, 0.2) is 46.9 Å². The average molecular weight is 392 g/mol. The molecule has 0 heterocycles. The number of nitrogens with one attached hydrogen (secondary N) is 1. The third-order valence-electron chi connectivity index (χ3n) is 3.18. The molecule has 0 aliphatic rings. The average Bonchev–Trinajstić information content (AvgIpc) is 2.56. The van der Waals surface area contributed by atoms with E-state index in [4.69, 9.17) is 9.47 Å². The summed E-state index contributed by atoms with van der Waals surface area (Å²) in [7, 11) is 0. The molecule has 2 aromatic rings. The van der Waals surface area contributed by atoms with Crippen molar-refractivity contribution in [3.8, 4) is 5.75 Å². The van der Waals surface area contributed by atoms with Crippen LogP contribution in [0.1, 0.15) is 11.1 Å². The second-order valence-electron chi connectivity index (χ2n) is 5.27. The summed E-state index contributed by atoms with van der Waals surface area (Å²) in [6.07, 6.45) is 0. The quantitative estimate of drug-likeness (QED) is 0.763. The van der Waals surface area contributed by atoms with E-state index in [1.165, 1.54) is 0 Å². The SMILES string of the molecule is Cc1ccc(C)c(OCC(=O)OCC(=O)Nc2ccc(Br)cc2)c1. The molecule has 0 unspecified atom stereocenters. The van der Waals surface area contributed by atoms with Gasteiger partial charge in [-0.25, -0.2) is 4.79 Å².